The second-order valence-corrected chi connectivity index (χ2v) is 7.68. The fourth-order valence-corrected chi connectivity index (χ4v) is 3.92. The first-order valence-electron chi connectivity index (χ1n) is 10.5. The van der Waals surface area contributed by atoms with E-state index in [0.717, 1.165) is 38.4 Å². The van der Waals surface area contributed by atoms with Crippen LogP contribution in [0.1, 0.15) is 25.3 Å². The van der Waals surface area contributed by atoms with Crippen LogP contribution in [0.4, 0.5) is 5.69 Å². The molecule has 2 heterocycles. The first-order chi connectivity index (χ1) is 14.2. The molecule has 1 aromatic heterocycles. The Labute approximate surface area is 172 Å². The summed E-state index contributed by atoms with van der Waals surface area (Å²) in [6.45, 7) is 5.67. The number of benzene rings is 2. The molecule has 2 N–H and O–H groups in total. The van der Waals surface area contributed by atoms with Crippen LogP contribution in [0.2, 0.25) is 0 Å². The molecule has 2 aromatic carbocycles. The Balaban J connectivity index is 1.42. The average Bonchev–Trinajstić information content (AvgIpc) is 3.19. The molecule has 1 atom stereocenters. The number of guanidine groups is 1. The van der Waals surface area contributed by atoms with Crippen molar-refractivity contribution in [2.75, 3.05) is 24.5 Å². The predicted molar refractivity (Wildman–Crippen MR) is 120 cm³/mol. The molecule has 0 radical (unpaired) electrons. The number of hydrogen-bond donors (Lipinski definition) is 2. The fraction of sp³-hybridized carbons (Fsp3) is 0.391. The Bertz CT molecular complexity index is 976. The maximum absolute atomic E-state index is 4.85. The minimum Gasteiger partial charge on any atom is -0.367 e. The van der Waals surface area contributed by atoms with Crippen molar-refractivity contribution in [1.82, 2.24) is 20.4 Å². The number of fused-ring (bicyclic) bond motifs is 1. The molecule has 152 valence electrons. The van der Waals surface area contributed by atoms with Crippen molar-refractivity contribution in [1.29, 1.82) is 0 Å². The average molecular weight is 391 g/mol. The van der Waals surface area contributed by atoms with Gasteiger partial charge in [-0.1, -0.05) is 36.4 Å². The number of hydrogen-bond acceptors (Lipinski definition) is 3. The first-order valence-corrected chi connectivity index (χ1v) is 10.5. The van der Waals surface area contributed by atoms with Gasteiger partial charge in [0.25, 0.3) is 0 Å². The summed E-state index contributed by atoms with van der Waals surface area (Å²) < 4.78 is 1.86. The van der Waals surface area contributed by atoms with Crippen molar-refractivity contribution in [3.63, 3.8) is 0 Å². The van der Waals surface area contributed by atoms with Gasteiger partial charge in [-0.2, -0.15) is 5.10 Å². The second-order valence-electron chi connectivity index (χ2n) is 7.68. The molecule has 0 bridgehead atoms. The minimum absolute atomic E-state index is 0.373. The summed E-state index contributed by atoms with van der Waals surface area (Å²) in [5.74, 6) is 0.888. The van der Waals surface area contributed by atoms with E-state index in [9.17, 15) is 0 Å². The molecule has 1 aliphatic rings. The molecular weight excluding hydrogens is 360 g/mol. The topological polar surface area (TPSA) is 57.5 Å². The van der Waals surface area contributed by atoms with Gasteiger partial charge in [0.05, 0.1) is 18.4 Å². The van der Waals surface area contributed by atoms with E-state index in [1.54, 1.807) is 0 Å². The van der Waals surface area contributed by atoms with E-state index in [4.69, 9.17) is 4.99 Å². The number of nitrogens with one attached hydrogen (secondary N) is 2. The summed E-state index contributed by atoms with van der Waals surface area (Å²) in [5, 5.41) is 13.9. The lowest BCUT2D eigenvalue weighted by atomic mass is 10.1. The quantitative estimate of drug-likeness (QED) is 0.518. The third kappa shape index (κ3) is 4.88. The number of aliphatic imine (C=N–C) groups is 1. The molecule has 4 rings (SSSR count). The standard InChI is InChI=1S/C23H30N6/c1-3-24-23(25-14-18-10-11-19-7-4-5-8-20(19)13-18)27-21-9-6-12-29(16-21)22-15-26-28(2)17-22/h4-5,7-8,10-11,13,15,17,21H,3,6,9,12,14,16H2,1-2H3,(H2,24,25,27). The van der Waals surface area contributed by atoms with E-state index < -0.39 is 0 Å². The Morgan fingerprint density at radius 2 is 2.07 bits per heavy atom. The lowest BCUT2D eigenvalue weighted by Crippen LogP contribution is -2.51. The van der Waals surface area contributed by atoms with Crippen LogP contribution in [-0.4, -0.2) is 41.4 Å². The zero-order chi connectivity index (χ0) is 20.1. The molecule has 1 fully saturated rings. The minimum atomic E-state index is 0.373. The summed E-state index contributed by atoms with van der Waals surface area (Å²) in [6, 6.07) is 15.4. The highest BCUT2D eigenvalue weighted by Gasteiger charge is 2.21. The largest absolute Gasteiger partial charge is 0.367 e. The van der Waals surface area contributed by atoms with Gasteiger partial charge in [-0.05, 0) is 42.2 Å². The summed E-state index contributed by atoms with van der Waals surface area (Å²) in [5.41, 5.74) is 2.42. The molecule has 0 aliphatic carbocycles. The van der Waals surface area contributed by atoms with Crippen molar-refractivity contribution in [3.8, 4) is 0 Å². The van der Waals surface area contributed by atoms with Gasteiger partial charge in [-0.15, -0.1) is 0 Å². The van der Waals surface area contributed by atoms with Crippen LogP contribution in [0.15, 0.2) is 59.9 Å². The zero-order valence-electron chi connectivity index (χ0n) is 17.3. The van der Waals surface area contributed by atoms with Crippen molar-refractivity contribution < 1.29 is 0 Å². The van der Waals surface area contributed by atoms with Gasteiger partial charge in [0.1, 0.15) is 0 Å². The Hall–Kier alpha value is -3.02. The summed E-state index contributed by atoms with van der Waals surface area (Å²) in [4.78, 5) is 7.25. The third-order valence-corrected chi connectivity index (χ3v) is 5.40. The Morgan fingerprint density at radius 3 is 2.86 bits per heavy atom. The van der Waals surface area contributed by atoms with Crippen LogP contribution >= 0.6 is 0 Å². The Kier molecular flexibility index (Phi) is 5.98. The molecule has 6 nitrogen and oxygen atoms in total. The fourth-order valence-electron chi connectivity index (χ4n) is 3.92. The number of aromatic nitrogens is 2. The molecule has 0 spiro atoms. The van der Waals surface area contributed by atoms with Crippen LogP contribution in [0.25, 0.3) is 10.8 Å². The van der Waals surface area contributed by atoms with Gasteiger partial charge in [0.2, 0.25) is 0 Å². The molecule has 6 heteroatoms. The van der Waals surface area contributed by atoms with Gasteiger partial charge >= 0.3 is 0 Å². The summed E-state index contributed by atoms with van der Waals surface area (Å²) >= 11 is 0. The third-order valence-electron chi connectivity index (χ3n) is 5.40. The molecule has 0 saturated carbocycles. The van der Waals surface area contributed by atoms with Crippen LogP contribution in [0, 0.1) is 0 Å². The van der Waals surface area contributed by atoms with Crippen molar-refractivity contribution in [3.05, 3.63) is 60.4 Å². The summed E-state index contributed by atoms with van der Waals surface area (Å²) in [6.07, 6.45) is 6.34. The van der Waals surface area contributed by atoms with E-state index in [1.165, 1.54) is 22.0 Å². The molecule has 29 heavy (non-hydrogen) atoms. The van der Waals surface area contributed by atoms with E-state index in [0.29, 0.717) is 12.6 Å². The Morgan fingerprint density at radius 1 is 1.21 bits per heavy atom. The highest BCUT2D eigenvalue weighted by Crippen LogP contribution is 2.19. The number of anilines is 1. The molecule has 1 saturated heterocycles. The first kappa shape index (κ1) is 19.3. The van der Waals surface area contributed by atoms with Gasteiger partial charge in [-0.3, -0.25) is 4.68 Å². The molecule has 3 aromatic rings. The maximum Gasteiger partial charge on any atom is 0.191 e. The normalized spacial score (nSPS) is 17.5. The van der Waals surface area contributed by atoms with Crippen molar-refractivity contribution >= 4 is 22.4 Å². The highest BCUT2D eigenvalue weighted by atomic mass is 15.3. The number of nitrogens with zero attached hydrogens (tertiary/aromatic N) is 4. The van der Waals surface area contributed by atoms with Gasteiger partial charge in [-0.25, -0.2) is 4.99 Å². The van der Waals surface area contributed by atoms with Crippen molar-refractivity contribution in [2.24, 2.45) is 12.0 Å². The number of rotatable bonds is 5. The van der Waals surface area contributed by atoms with Crippen LogP contribution < -0.4 is 15.5 Å². The monoisotopic (exact) mass is 390 g/mol. The van der Waals surface area contributed by atoms with Crippen LogP contribution in [0.3, 0.4) is 0 Å². The SMILES string of the molecule is CCNC(=NCc1ccc2ccccc2c1)NC1CCCN(c2cnn(C)c2)C1. The van der Waals surface area contributed by atoms with E-state index in [-0.39, 0.29) is 0 Å². The van der Waals surface area contributed by atoms with Crippen LogP contribution in [-0.2, 0) is 13.6 Å². The zero-order valence-corrected chi connectivity index (χ0v) is 17.3. The highest BCUT2D eigenvalue weighted by molar-refractivity contribution is 5.83. The molecule has 1 unspecified atom stereocenters. The lowest BCUT2D eigenvalue weighted by molar-refractivity contribution is 0.468. The van der Waals surface area contributed by atoms with E-state index in [2.05, 4.69) is 76.2 Å². The van der Waals surface area contributed by atoms with Gasteiger partial charge < -0.3 is 15.5 Å². The van der Waals surface area contributed by atoms with Gasteiger partial charge in [0.15, 0.2) is 5.96 Å². The van der Waals surface area contributed by atoms with Crippen molar-refractivity contribution in [2.45, 2.75) is 32.4 Å². The smallest absolute Gasteiger partial charge is 0.191 e. The van der Waals surface area contributed by atoms with Gasteiger partial charge in [0, 0.05) is 38.9 Å². The lowest BCUT2D eigenvalue weighted by Gasteiger charge is -2.34. The predicted octanol–water partition coefficient (Wildman–Crippen LogP) is 3.30. The number of piperidine rings is 1. The molecule has 1 aliphatic heterocycles. The second kappa shape index (κ2) is 8.99. The summed E-state index contributed by atoms with van der Waals surface area (Å²) in [7, 11) is 1.96. The number of aryl methyl sites for hydroxylation is 1. The van der Waals surface area contributed by atoms with Crippen LogP contribution in [0.5, 0.6) is 0 Å². The molecular formula is C23H30N6. The van der Waals surface area contributed by atoms with E-state index >= 15 is 0 Å². The molecule has 0 amide bonds. The van der Waals surface area contributed by atoms with E-state index in [1.807, 2.05) is 17.9 Å². The maximum atomic E-state index is 4.85.